The van der Waals surface area contributed by atoms with Crippen LogP contribution < -0.4 is 0 Å². The van der Waals surface area contributed by atoms with Crippen molar-refractivity contribution in [1.29, 1.82) is 0 Å². The quantitative estimate of drug-likeness (QED) is 0.384. The fourth-order valence-electron chi connectivity index (χ4n) is 0.993. The summed E-state index contributed by atoms with van der Waals surface area (Å²) in [7, 11) is 0. The summed E-state index contributed by atoms with van der Waals surface area (Å²) < 4.78 is 0. The van der Waals surface area contributed by atoms with Gasteiger partial charge in [-0.1, -0.05) is 5.16 Å². The van der Waals surface area contributed by atoms with Gasteiger partial charge >= 0.3 is 0 Å². The molecule has 1 amide bonds. The van der Waals surface area contributed by atoms with E-state index in [1.165, 1.54) is 6.92 Å². The summed E-state index contributed by atoms with van der Waals surface area (Å²) in [5.41, 5.74) is 0.690. The molecule has 0 aromatic carbocycles. The molecule has 0 aromatic heterocycles. The predicted octanol–water partition coefficient (Wildman–Crippen LogP) is 0.0688. The van der Waals surface area contributed by atoms with Crippen LogP contribution in [0.15, 0.2) is 5.16 Å². The van der Waals surface area contributed by atoms with Crippen molar-refractivity contribution in [3.05, 3.63) is 0 Å². The summed E-state index contributed by atoms with van der Waals surface area (Å²) in [6, 6.07) is 0. The summed E-state index contributed by atoms with van der Waals surface area (Å²) in [5.74, 6) is 0.0404. The van der Waals surface area contributed by atoms with Crippen molar-refractivity contribution in [3.8, 4) is 0 Å². The number of carbonyl (C=O) groups is 1. The third-order valence-corrected chi connectivity index (χ3v) is 1.63. The second-order valence-electron chi connectivity index (χ2n) is 2.36. The highest BCUT2D eigenvalue weighted by atomic mass is 16.4. The molecule has 0 radical (unpaired) electrons. The minimum atomic E-state index is 0.0404. The smallest absolute Gasteiger partial charge is 0.219 e. The third kappa shape index (κ3) is 1.26. The zero-order valence-electron chi connectivity index (χ0n) is 5.87. The van der Waals surface area contributed by atoms with Crippen LogP contribution in [0.25, 0.3) is 0 Å². The molecule has 1 aliphatic heterocycles. The van der Waals surface area contributed by atoms with Crippen LogP contribution in [0.4, 0.5) is 0 Å². The number of carbonyl (C=O) groups excluding carboxylic acids is 1. The van der Waals surface area contributed by atoms with Gasteiger partial charge in [0.1, 0.15) is 0 Å². The van der Waals surface area contributed by atoms with Gasteiger partial charge in [0, 0.05) is 19.9 Å². The lowest BCUT2D eigenvalue weighted by Crippen LogP contribution is -2.25. The first-order valence-electron chi connectivity index (χ1n) is 3.19. The van der Waals surface area contributed by atoms with Gasteiger partial charge in [0.05, 0.1) is 12.3 Å². The molecule has 56 valence electrons. The molecular weight excluding hydrogens is 132 g/mol. The number of nitrogens with zero attached hydrogens (tertiary/aromatic N) is 2. The maximum absolute atomic E-state index is 10.7. The highest BCUT2D eigenvalue weighted by Crippen LogP contribution is 2.04. The molecular formula is C6H10N2O2. The Bertz CT molecular complexity index is 177. The summed E-state index contributed by atoms with van der Waals surface area (Å²) in [5, 5.41) is 11.4. The van der Waals surface area contributed by atoms with E-state index in [2.05, 4.69) is 5.16 Å². The minimum absolute atomic E-state index is 0.0404. The van der Waals surface area contributed by atoms with Gasteiger partial charge in [0.2, 0.25) is 5.91 Å². The van der Waals surface area contributed by atoms with E-state index in [-0.39, 0.29) is 5.91 Å². The summed E-state index contributed by atoms with van der Waals surface area (Å²) >= 11 is 0. The molecule has 1 rings (SSSR count). The summed E-state index contributed by atoms with van der Waals surface area (Å²) in [6.07, 6.45) is 0.704. The molecule has 1 fully saturated rings. The van der Waals surface area contributed by atoms with E-state index in [9.17, 15) is 4.79 Å². The highest BCUT2D eigenvalue weighted by molar-refractivity contribution is 5.92. The first kappa shape index (κ1) is 7.05. The molecule has 1 heterocycles. The Morgan fingerprint density at radius 2 is 2.50 bits per heavy atom. The van der Waals surface area contributed by atoms with E-state index in [1.54, 1.807) is 4.90 Å². The fraction of sp³-hybridized carbons (Fsp3) is 0.667. The Labute approximate surface area is 59.1 Å². The number of oxime groups is 1. The number of hydrogen-bond donors (Lipinski definition) is 1. The van der Waals surface area contributed by atoms with Gasteiger partial charge in [-0.25, -0.2) is 0 Å². The van der Waals surface area contributed by atoms with Crippen LogP contribution >= 0.6 is 0 Å². The Balaban J connectivity index is 2.51. The maximum Gasteiger partial charge on any atom is 0.219 e. The Kier molecular flexibility index (Phi) is 1.89. The highest BCUT2D eigenvalue weighted by Gasteiger charge is 2.19. The molecule has 0 aromatic rings. The van der Waals surface area contributed by atoms with Gasteiger partial charge in [-0.2, -0.15) is 0 Å². The molecule has 1 N–H and O–H groups in total. The summed E-state index contributed by atoms with van der Waals surface area (Å²) in [4.78, 5) is 12.3. The fourth-order valence-corrected chi connectivity index (χ4v) is 0.993. The minimum Gasteiger partial charge on any atom is -0.411 e. The van der Waals surface area contributed by atoms with Crippen LogP contribution in [-0.4, -0.2) is 34.8 Å². The average molecular weight is 142 g/mol. The molecule has 1 saturated heterocycles. The third-order valence-electron chi connectivity index (χ3n) is 1.63. The van der Waals surface area contributed by atoms with Gasteiger partial charge in [-0.3, -0.25) is 4.79 Å². The zero-order valence-corrected chi connectivity index (χ0v) is 5.87. The topological polar surface area (TPSA) is 52.9 Å². The van der Waals surface area contributed by atoms with E-state index >= 15 is 0 Å². The van der Waals surface area contributed by atoms with Crippen LogP contribution in [0.2, 0.25) is 0 Å². The van der Waals surface area contributed by atoms with Gasteiger partial charge in [-0.15, -0.1) is 0 Å². The lowest BCUT2D eigenvalue weighted by Gasteiger charge is -2.09. The standard InChI is InChI=1S/C6H10N2O2/c1-5(9)8-3-2-6(4-8)7-10/h10H,2-4H2,1H3/b7-6-. The molecule has 4 nitrogen and oxygen atoms in total. The molecule has 0 unspecified atom stereocenters. The second-order valence-corrected chi connectivity index (χ2v) is 2.36. The lowest BCUT2D eigenvalue weighted by molar-refractivity contribution is -0.127. The van der Waals surface area contributed by atoms with Crippen molar-refractivity contribution in [2.45, 2.75) is 13.3 Å². The number of amides is 1. The average Bonchev–Trinajstić information content (AvgIpc) is 2.34. The van der Waals surface area contributed by atoms with Gasteiger partial charge in [0.25, 0.3) is 0 Å². The molecule has 1 aliphatic rings. The number of hydrogen-bond acceptors (Lipinski definition) is 3. The molecule has 0 atom stereocenters. The molecule has 0 saturated carbocycles. The van der Waals surface area contributed by atoms with Crippen molar-refractivity contribution >= 4 is 11.6 Å². The van der Waals surface area contributed by atoms with E-state index in [4.69, 9.17) is 5.21 Å². The van der Waals surface area contributed by atoms with Crippen molar-refractivity contribution < 1.29 is 10.0 Å². The molecule has 0 bridgehead atoms. The van der Waals surface area contributed by atoms with Crippen molar-refractivity contribution in [2.24, 2.45) is 5.16 Å². The van der Waals surface area contributed by atoms with Gasteiger partial charge in [0.15, 0.2) is 0 Å². The van der Waals surface area contributed by atoms with Crippen LogP contribution in [0.3, 0.4) is 0 Å². The molecule has 10 heavy (non-hydrogen) atoms. The predicted molar refractivity (Wildman–Crippen MR) is 36.1 cm³/mol. The Morgan fingerprint density at radius 1 is 1.80 bits per heavy atom. The van der Waals surface area contributed by atoms with Crippen molar-refractivity contribution in [2.75, 3.05) is 13.1 Å². The first-order valence-corrected chi connectivity index (χ1v) is 3.19. The normalized spacial score (nSPS) is 22.1. The zero-order chi connectivity index (χ0) is 7.56. The molecule has 0 aliphatic carbocycles. The van der Waals surface area contributed by atoms with E-state index < -0.39 is 0 Å². The SMILES string of the molecule is CC(=O)N1CC/C(=N/O)C1. The first-order chi connectivity index (χ1) is 4.74. The Hall–Kier alpha value is -1.06. The van der Waals surface area contributed by atoms with E-state index in [0.717, 1.165) is 0 Å². The maximum atomic E-state index is 10.7. The molecule has 4 heteroatoms. The number of likely N-dealkylation sites (tertiary alicyclic amines) is 1. The van der Waals surface area contributed by atoms with Crippen molar-refractivity contribution in [3.63, 3.8) is 0 Å². The van der Waals surface area contributed by atoms with E-state index in [0.29, 0.717) is 25.2 Å². The summed E-state index contributed by atoms with van der Waals surface area (Å²) in [6.45, 7) is 2.70. The van der Waals surface area contributed by atoms with Crippen LogP contribution in [-0.2, 0) is 4.79 Å². The van der Waals surface area contributed by atoms with Crippen LogP contribution in [0, 0.1) is 0 Å². The van der Waals surface area contributed by atoms with E-state index in [1.807, 2.05) is 0 Å². The lowest BCUT2D eigenvalue weighted by atomic mass is 10.3. The molecule has 0 spiro atoms. The monoisotopic (exact) mass is 142 g/mol. The van der Waals surface area contributed by atoms with Crippen molar-refractivity contribution in [1.82, 2.24) is 4.90 Å². The second kappa shape index (κ2) is 2.68. The Morgan fingerprint density at radius 3 is 2.80 bits per heavy atom. The van der Waals surface area contributed by atoms with Crippen LogP contribution in [0.5, 0.6) is 0 Å². The van der Waals surface area contributed by atoms with Gasteiger partial charge in [-0.05, 0) is 0 Å². The van der Waals surface area contributed by atoms with Crippen LogP contribution in [0.1, 0.15) is 13.3 Å². The largest absolute Gasteiger partial charge is 0.411 e. The van der Waals surface area contributed by atoms with Gasteiger partial charge < -0.3 is 10.1 Å². The number of rotatable bonds is 0.